The van der Waals surface area contributed by atoms with Crippen LogP contribution in [0.3, 0.4) is 0 Å². The minimum atomic E-state index is 0.146. The monoisotopic (exact) mass is 266 g/mol. The number of thiazole rings is 1. The van der Waals surface area contributed by atoms with Gasteiger partial charge in [0.05, 0.1) is 10.7 Å². The Balaban J connectivity index is 2.36. The number of hydrogen-bond donors (Lipinski definition) is 1. The fraction of sp³-hybridized carbons (Fsp3) is 0.308. The topological polar surface area (TPSA) is 38.9 Å². The first-order chi connectivity index (χ1) is 8.06. The Morgan fingerprint density at radius 2 is 2.24 bits per heavy atom. The van der Waals surface area contributed by atoms with E-state index in [0.717, 1.165) is 27.7 Å². The Bertz CT molecular complexity index is 520. The van der Waals surface area contributed by atoms with Gasteiger partial charge in [0.15, 0.2) is 0 Å². The van der Waals surface area contributed by atoms with E-state index < -0.39 is 0 Å². The lowest BCUT2D eigenvalue weighted by molar-refractivity contribution is 0.734. The van der Waals surface area contributed by atoms with Crippen molar-refractivity contribution in [1.29, 1.82) is 0 Å². The van der Waals surface area contributed by atoms with Gasteiger partial charge in [-0.15, -0.1) is 11.3 Å². The third-order valence-corrected chi connectivity index (χ3v) is 3.66. The van der Waals surface area contributed by atoms with Gasteiger partial charge >= 0.3 is 0 Å². The van der Waals surface area contributed by atoms with Gasteiger partial charge in [0.25, 0.3) is 0 Å². The molecule has 17 heavy (non-hydrogen) atoms. The van der Waals surface area contributed by atoms with Crippen LogP contribution in [0.5, 0.6) is 0 Å². The summed E-state index contributed by atoms with van der Waals surface area (Å²) in [5.74, 6) is 0. The first-order valence-corrected chi connectivity index (χ1v) is 6.73. The van der Waals surface area contributed by atoms with Crippen LogP contribution in [0.25, 0.3) is 11.3 Å². The molecular formula is C13H15ClN2S. The zero-order valence-corrected chi connectivity index (χ0v) is 11.5. The van der Waals surface area contributed by atoms with Gasteiger partial charge in [-0.05, 0) is 26.0 Å². The molecule has 0 saturated carbocycles. The second kappa shape index (κ2) is 5.17. The number of hydrogen-bond acceptors (Lipinski definition) is 3. The maximum absolute atomic E-state index is 5.99. The van der Waals surface area contributed by atoms with Crippen molar-refractivity contribution < 1.29 is 0 Å². The predicted octanol–water partition coefficient (Wildman–Crippen LogP) is 3.66. The average Bonchev–Trinajstić information content (AvgIpc) is 2.58. The van der Waals surface area contributed by atoms with Gasteiger partial charge in [0, 0.05) is 27.9 Å². The molecule has 1 heterocycles. The summed E-state index contributed by atoms with van der Waals surface area (Å²) in [6, 6.07) is 7.94. The Morgan fingerprint density at radius 1 is 1.47 bits per heavy atom. The number of aryl methyl sites for hydroxylation is 1. The zero-order chi connectivity index (χ0) is 12.4. The number of benzene rings is 1. The number of rotatable bonds is 3. The van der Waals surface area contributed by atoms with Gasteiger partial charge < -0.3 is 5.73 Å². The molecule has 0 bridgehead atoms. The lowest BCUT2D eigenvalue weighted by Gasteiger charge is -2.00. The molecule has 0 fully saturated rings. The smallest absolute Gasteiger partial charge is 0.0950 e. The van der Waals surface area contributed by atoms with Crippen LogP contribution in [0.1, 0.15) is 16.8 Å². The van der Waals surface area contributed by atoms with Crippen molar-refractivity contribution >= 4 is 22.9 Å². The number of aromatic nitrogens is 1. The van der Waals surface area contributed by atoms with Crippen LogP contribution >= 0.6 is 22.9 Å². The van der Waals surface area contributed by atoms with Crippen LogP contribution in [0.4, 0.5) is 0 Å². The van der Waals surface area contributed by atoms with Gasteiger partial charge in [-0.1, -0.05) is 23.7 Å². The molecule has 1 unspecified atom stereocenters. The highest BCUT2D eigenvalue weighted by atomic mass is 35.5. The number of halogens is 1. The van der Waals surface area contributed by atoms with Crippen LogP contribution < -0.4 is 5.73 Å². The van der Waals surface area contributed by atoms with Gasteiger partial charge in [0.1, 0.15) is 0 Å². The normalized spacial score (nSPS) is 12.7. The van der Waals surface area contributed by atoms with Gasteiger partial charge in [-0.25, -0.2) is 4.98 Å². The minimum Gasteiger partial charge on any atom is -0.328 e. The molecular weight excluding hydrogens is 252 g/mol. The fourth-order valence-corrected chi connectivity index (χ4v) is 3.00. The molecule has 0 saturated heterocycles. The second-order valence-corrected chi connectivity index (χ2v) is 5.93. The molecule has 90 valence electrons. The highest BCUT2D eigenvalue weighted by molar-refractivity contribution is 7.12. The summed E-state index contributed by atoms with van der Waals surface area (Å²) >= 11 is 7.70. The molecule has 0 spiro atoms. The fourth-order valence-electron chi connectivity index (χ4n) is 1.72. The first kappa shape index (κ1) is 12.6. The Hall–Kier alpha value is -0.900. The summed E-state index contributed by atoms with van der Waals surface area (Å²) in [5.41, 5.74) is 7.89. The van der Waals surface area contributed by atoms with Crippen molar-refractivity contribution in [3.63, 3.8) is 0 Å². The Morgan fingerprint density at radius 3 is 2.88 bits per heavy atom. The maximum Gasteiger partial charge on any atom is 0.0950 e. The van der Waals surface area contributed by atoms with Crippen molar-refractivity contribution in [3.05, 3.63) is 39.2 Å². The third kappa shape index (κ3) is 3.06. The van der Waals surface area contributed by atoms with Crippen molar-refractivity contribution in [2.24, 2.45) is 5.73 Å². The SMILES string of the molecule is Cc1sc(CC(C)N)nc1-c1cccc(Cl)c1. The lowest BCUT2D eigenvalue weighted by atomic mass is 10.1. The van der Waals surface area contributed by atoms with E-state index in [0.29, 0.717) is 0 Å². The standard InChI is InChI=1S/C13H15ClN2S/c1-8(15)6-12-16-13(9(2)17-12)10-4-3-5-11(14)7-10/h3-5,7-8H,6,15H2,1-2H3. The molecule has 0 aliphatic rings. The van der Waals surface area contributed by atoms with Crippen molar-refractivity contribution in [2.75, 3.05) is 0 Å². The van der Waals surface area contributed by atoms with E-state index in [4.69, 9.17) is 17.3 Å². The molecule has 2 nitrogen and oxygen atoms in total. The molecule has 2 rings (SSSR count). The number of nitrogens with zero attached hydrogens (tertiary/aromatic N) is 1. The third-order valence-electron chi connectivity index (χ3n) is 2.44. The van der Waals surface area contributed by atoms with E-state index in [9.17, 15) is 0 Å². The average molecular weight is 267 g/mol. The summed E-state index contributed by atoms with van der Waals surface area (Å²) in [6.07, 6.45) is 0.825. The van der Waals surface area contributed by atoms with Crippen LogP contribution in [0.2, 0.25) is 5.02 Å². The van der Waals surface area contributed by atoms with E-state index in [1.54, 1.807) is 11.3 Å². The highest BCUT2D eigenvalue weighted by Crippen LogP contribution is 2.29. The molecule has 1 aromatic heterocycles. The molecule has 2 aromatic rings. The van der Waals surface area contributed by atoms with Crippen LogP contribution in [-0.4, -0.2) is 11.0 Å². The predicted molar refractivity (Wildman–Crippen MR) is 74.7 cm³/mol. The second-order valence-electron chi connectivity index (χ2n) is 4.20. The largest absolute Gasteiger partial charge is 0.328 e. The maximum atomic E-state index is 5.99. The molecule has 0 aliphatic heterocycles. The first-order valence-electron chi connectivity index (χ1n) is 5.54. The zero-order valence-electron chi connectivity index (χ0n) is 9.90. The summed E-state index contributed by atoms with van der Waals surface area (Å²) in [4.78, 5) is 5.85. The summed E-state index contributed by atoms with van der Waals surface area (Å²) < 4.78 is 0. The van der Waals surface area contributed by atoms with Gasteiger partial charge in [-0.2, -0.15) is 0 Å². The van der Waals surface area contributed by atoms with Gasteiger partial charge in [0.2, 0.25) is 0 Å². The Kier molecular flexibility index (Phi) is 3.82. The van der Waals surface area contributed by atoms with Crippen molar-refractivity contribution in [2.45, 2.75) is 26.3 Å². The van der Waals surface area contributed by atoms with E-state index in [2.05, 4.69) is 11.9 Å². The van der Waals surface area contributed by atoms with Crippen molar-refractivity contribution in [3.8, 4) is 11.3 Å². The van der Waals surface area contributed by atoms with E-state index in [-0.39, 0.29) is 6.04 Å². The molecule has 0 aliphatic carbocycles. The minimum absolute atomic E-state index is 0.146. The van der Waals surface area contributed by atoms with Gasteiger partial charge in [-0.3, -0.25) is 0 Å². The summed E-state index contributed by atoms with van der Waals surface area (Å²) in [6.45, 7) is 4.08. The van der Waals surface area contributed by atoms with E-state index in [1.165, 1.54) is 4.88 Å². The highest BCUT2D eigenvalue weighted by Gasteiger charge is 2.11. The van der Waals surface area contributed by atoms with Crippen LogP contribution in [-0.2, 0) is 6.42 Å². The molecule has 1 atom stereocenters. The van der Waals surface area contributed by atoms with Crippen LogP contribution in [0, 0.1) is 6.92 Å². The van der Waals surface area contributed by atoms with Crippen LogP contribution in [0.15, 0.2) is 24.3 Å². The van der Waals surface area contributed by atoms with E-state index in [1.807, 2.05) is 31.2 Å². The Labute approximate surface area is 110 Å². The molecule has 1 aromatic carbocycles. The van der Waals surface area contributed by atoms with Crippen molar-refractivity contribution in [1.82, 2.24) is 4.98 Å². The summed E-state index contributed by atoms with van der Waals surface area (Å²) in [7, 11) is 0. The quantitative estimate of drug-likeness (QED) is 0.921. The lowest BCUT2D eigenvalue weighted by Crippen LogP contribution is -2.17. The molecule has 4 heteroatoms. The molecule has 0 radical (unpaired) electrons. The molecule has 2 N–H and O–H groups in total. The van der Waals surface area contributed by atoms with E-state index >= 15 is 0 Å². The summed E-state index contributed by atoms with van der Waals surface area (Å²) in [5, 5.41) is 1.83. The molecule has 0 amide bonds. The number of nitrogens with two attached hydrogens (primary N) is 1.